The number of fused-ring (bicyclic) bond motifs is 3. The Hall–Kier alpha value is -1.59. The van der Waals surface area contributed by atoms with Gasteiger partial charge in [0.1, 0.15) is 13.1 Å². The minimum Gasteiger partial charge on any atom is -0.370 e. The Bertz CT molecular complexity index is 603. The Labute approximate surface area is 118 Å². The van der Waals surface area contributed by atoms with Crippen molar-refractivity contribution in [3.05, 3.63) is 24.3 Å². The first-order valence-electron chi connectivity index (χ1n) is 7.53. The summed E-state index contributed by atoms with van der Waals surface area (Å²) in [6.07, 6.45) is 0. The monoisotopic (exact) mass is 273 g/mol. The van der Waals surface area contributed by atoms with Crippen molar-refractivity contribution in [1.29, 1.82) is 0 Å². The quantitative estimate of drug-likeness (QED) is 0.839. The smallest absolute Gasteiger partial charge is 0.206 e. The second-order valence-corrected chi connectivity index (χ2v) is 5.65. The summed E-state index contributed by atoms with van der Waals surface area (Å²) in [5, 5.41) is 0. The zero-order chi connectivity index (χ0) is 13.4. The molecule has 0 aliphatic carbocycles. The fourth-order valence-electron chi connectivity index (χ4n) is 3.26. The van der Waals surface area contributed by atoms with E-state index in [1.165, 1.54) is 12.1 Å². The van der Waals surface area contributed by atoms with Gasteiger partial charge in [0, 0.05) is 13.1 Å². The van der Waals surface area contributed by atoms with Gasteiger partial charge in [-0.2, -0.15) is 0 Å². The highest BCUT2D eigenvalue weighted by Crippen LogP contribution is 2.26. The number of hydrogen-bond donors (Lipinski definition) is 1. The number of nitrogens with one attached hydrogen (secondary N) is 1. The highest BCUT2D eigenvalue weighted by Gasteiger charge is 2.24. The van der Waals surface area contributed by atoms with Crippen LogP contribution in [0.25, 0.3) is 11.0 Å². The molecule has 5 nitrogen and oxygen atoms in total. The molecule has 1 fully saturated rings. The van der Waals surface area contributed by atoms with Crippen LogP contribution in [-0.2, 0) is 11.3 Å². The van der Waals surface area contributed by atoms with Gasteiger partial charge in [-0.1, -0.05) is 12.1 Å². The molecule has 0 amide bonds. The summed E-state index contributed by atoms with van der Waals surface area (Å²) < 4.78 is 7.77. The van der Waals surface area contributed by atoms with E-state index < -0.39 is 0 Å². The van der Waals surface area contributed by atoms with Gasteiger partial charge in [0.25, 0.3) is 0 Å². The first-order chi connectivity index (χ1) is 9.92. The predicted octanol–water partition coefficient (Wildman–Crippen LogP) is -0.229. The van der Waals surface area contributed by atoms with Gasteiger partial charge in [0.05, 0.1) is 37.3 Å². The average molecular weight is 273 g/mol. The molecule has 1 aromatic heterocycles. The molecule has 1 saturated heterocycles. The fraction of sp³-hybridized carbons (Fsp3) is 0.533. The lowest BCUT2D eigenvalue weighted by molar-refractivity contribution is -0.906. The van der Waals surface area contributed by atoms with Crippen LogP contribution in [0, 0.1) is 0 Å². The first kappa shape index (κ1) is 12.2. The van der Waals surface area contributed by atoms with Gasteiger partial charge in [0.2, 0.25) is 5.95 Å². The molecule has 2 aliphatic rings. The van der Waals surface area contributed by atoms with Crippen molar-refractivity contribution in [2.24, 2.45) is 0 Å². The minimum absolute atomic E-state index is 0.911. The van der Waals surface area contributed by atoms with Crippen LogP contribution < -0.4 is 9.80 Å². The molecular weight excluding hydrogens is 252 g/mol. The Morgan fingerprint density at radius 2 is 2.00 bits per heavy atom. The van der Waals surface area contributed by atoms with Crippen molar-refractivity contribution < 1.29 is 9.64 Å². The van der Waals surface area contributed by atoms with Gasteiger partial charge in [-0.15, -0.1) is 0 Å². The molecule has 0 spiro atoms. The lowest BCUT2D eigenvalue weighted by atomic mass is 10.3. The van der Waals surface area contributed by atoms with E-state index in [1.807, 2.05) is 0 Å². The average Bonchev–Trinajstić information content (AvgIpc) is 3.05. The molecule has 0 saturated carbocycles. The summed E-state index contributed by atoms with van der Waals surface area (Å²) in [7, 11) is 0. The number of rotatable bonds is 3. The Morgan fingerprint density at radius 1 is 1.15 bits per heavy atom. The first-order valence-corrected chi connectivity index (χ1v) is 7.53. The lowest BCUT2D eigenvalue weighted by Crippen LogP contribution is -3.14. The van der Waals surface area contributed by atoms with Crippen LogP contribution in [0.1, 0.15) is 0 Å². The van der Waals surface area contributed by atoms with Crippen LogP contribution in [0.15, 0.2) is 24.3 Å². The van der Waals surface area contributed by atoms with Crippen molar-refractivity contribution in [1.82, 2.24) is 9.55 Å². The summed E-state index contributed by atoms with van der Waals surface area (Å²) in [4.78, 5) is 8.88. The molecule has 5 heteroatoms. The van der Waals surface area contributed by atoms with E-state index in [0.29, 0.717) is 0 Å². The van der Waals surface area contributed by atoms with E-state index >= 15 is 0 Å². The summed E-state index contributed by atoms with van der Waals surface area (Å²) in [5.41, 5.74) is 2.38. The van der Waals surface area contributed by atoms with E-state index in [9.17, 15) is 0 Å². The number of para-hydroxylation sites is 2. The summed E-state index contributed by atoms with van der Waals surface area (Å²) >= 11 is 0. The molecule has 0 radical (unpaired) electrons. The maximum Gasteiger partial charge on any atom is 0.206 e. The van der Waals surface area contributed by atoms with Crippen LogP contribution in [0.5, 0.6) is 0 Å². The molecule has 20 heavy (non-hydrogen) atoms. The number of anilines is 1. The molecule has 0 atom stereocenters. The largest absolute Gasteiger partial charge is 0.370 e. The second-order valence-electron chi connectivity index (χ2n) is 5.65. The van der Waals surface area contributed by atoms with Gasteiger partial charge in [-0.05, 0) is 12.1 Å². The number of quaternary nitrogens is 1. The number of hydrogen-bond acceptors (Lipinski definition) is 3. The normalized spacial score (nSPS) is 19.7. The van der Waals surface area contributed by atoms with Gasteiger partial charge in [0.15, 0.2) is 0 Å². The van der Waals surface area contributed by atoms with E-state index in [2.05, 4.69) is 33.7 Å². The van der Waals surface area contributed by atoms with Crippen molar-refractivity contribution in [3.63, 3.8) is 0 Å². The number of morpholine rings is 1. The number of aromatic nitrogens is 2. The molecule has 2 aliphatic heterocycles. The lowest BCUT2D eigenvalue weighted by Gasteiger charge is -2.26. The van der Waals surface area contributed by atoms with E-state index in [0.717, 1.165) is 57.4 Å². The van der Waals surface area contributed by atoms with Gasteiger partial charge >= 0.3 is 0 Å². The molecule has 4 rings (SSSR count). The summed E-state index contributed by atoms with van der Waals surface area (Å²) in [6.45, 7) is 8.55. The zero-order valence-electron chi connectivity index (χ0n) is 11.7. The molecule has 1 aromatic carbocycles. The third-order valence-electron chi connectivity index (χ3n) is 4.45. The Morgan fingerprint density at radius 3 is 2.90 bits per heavy atom. The molecule has 2 aromatic rings. The summed E-state index contributed by atoms with van der Waals surface area (Å²) in [6, 6.07) is 8.43. The van der Waals surface area contributed by atoms with E-state index in [4.69, 9.17) is 9.72 Å². The van der Waals surface area contributed by atoms with E-state index in [-0.39, 0.29) is 0 Å². The van der Waals surface area contributed by atoms with Crippen LogP contribution in [-0.4, -0.2) is 55.5 Å². The third-order valence-corrected chi connectivity index (χ3v) is 4.45. The SMILES string of the molecule is c1ccc2c(c1)nc1n2CCN1CC[NH+]1CCOCC1. The second kappa shape index (κ2) is 5.07. The molecule has 106 valence electrons. The number of ether oxygens (including phenoxy) is 1. The Balaban J connectivity index is 1.49. The van der Waals surface area contributed by atoms with Gasteiger partial charge in [-0.3, -0.25) is 0 Å². The number of nitrogens with zero attached hydrogens (tertiary/aromatic N) is 3. The van der Waals surface area contributed by atoms with Crippen LogP contribution in [0.3, 0.4) is 0 Å². The number of imidazole rings is 1. The topological polar surface area (TPSA) is 34.7 Å². The maximum atomic E-state index is 5.42. The maximum absolute atomic E-state index is 5.42. The molecular formula is C15H21N4O+. The van der Waals surface area contributed by atoms with Crippen molar-refractivity contribution in [2.75, 3.05) is 50.8 Å². The fourth-order valence-corrected chi connectivity index (χ4v) is 3.26. The van der Waals surface area contributed by atoms with Crippen molar-refractivity contribution >= 4 is 17.0 Å². The third kappa shape index (κ3) is 2.07. The molecule has 0 unspecified atom stereocenters. The number of benzene rings is 1. The van der Waals surface area contributed by atoms with Gasteiger partial charge in [-0.25, -0.2) is 4.98 Å². The molecule has 0 bridgehead atoms. The van der Waals surface area contributed by atoms with Crippen LogP contribution in [0.4, 0.5) is 5.95 Å². The predicted molar refractivity (Wildman–Crippen MR) is 78.3 cm³/mol. The minimum atomic E-state index is 0.911. The van der Waals surface area contributed by atoms with Crippen molar-refractivity contribution in [3.8, 4) is 0 Å². The van der Waals surface area contributed by atoms with Crippen LogP contribution >= 0.6 is 0 Å². The van der Waals surface area contributed by atoms with Crippen molar-refractivity contribution in [2.45, 2.75) is 6.54 Å². The zero-order valence-corrected chi connectivity index (χ0v) is 11.7. The molecule has 1 N–H and O–H groups in total. The highest BCUT2D eigenvalue weighted by atomic mass is 16.5. The summed E-state index contributed by atoms with van der Waals surface area (Å²) in [5.74, 6) is 1.15. The van der Waals surface area contributed by atoms with Crippen LogP contribution in [0.2, 0.25) is 0 Å². The standard InChI is InChI=1S/C15H20N4O/c1-2-4-14-13(3-1)16-15-18(7-8-19(14)15)6-5-17-9-11-20-12-10-17/h1-4H,5-12H2/p+1. The Kier molecular flexibility index (Phi) is 3.09. The van der Waals surface area contributed by atoms with Gasteiger partial charge < -0.3 is 19.1 Å². The van der Waals surface area contributed by atoms with E-state index in [1.54, 1.807) is 4.90 Å². The highest BCUT2D eigenvalue weighted by molar-refractivity contribution is 5.79. The molecule has 3 heterocycles.